The molecule has 1 atom stereocenters. The predicted molar refractivity (Wildman–Crippen MR) is 66.4 cm³/mol. The molecule has 0 saturated heterocycles. The number of nitrogens with one attached hydrogen (secondary N) is 2. The van der Waals surface area contributed by atoms with E-state index in [2.05, 4.69) is 15.3 Å². The minimum atomic E-state index is -0.0488. The molecule has 0 spiro atoms. The van der Waals surface area contributed by atoms with Gasteiger partial charge in [0.05, 0.1) is 24.7 Å². The van der Waals surface area contributed by atoms with Crippen molar-refractivity contribution in [3.05, 3.63) is 53.6 Å². The molecule has 0 aliphatic heterocycles. The summed E-state index contributed by atoms with van der Waals surface area (Å²) in [6, 6.07) is 9.87. The molecule has 4 nitrogen and oxygen atoms in total. The van der Waals surface area contributed by atoms with Gasteiger partial charge in [-0.3, -0.25) is 0 Å². The van der Waals surface area contributed by atoms with Crippen molar-refractivity contribution >= 4 is 0 Å². The first kappa shape index (κ1) is 11.8. The highest BCUT2D eigenvalue weighted by Crippen LogP contribution is 2.12. The van der Waals surface area contributed by atoms with Crippen molar-refractivity contribution in [2.24, 2.45) is 0 Å². The number of rotatable bonds is 5. The average molecular weight is 231 g/mol. The number of hydrogen-bond acceptors (Lipinski definition) is 3. The Morgan fingerprint density at radius 1 is 1.35 bits per heavy atom. The molecular weight excluding hydrogens is 214 g/mol. The molecule has 0 aliphatic rings. The van der Waals surface area contributed by atoms with Gasteiger partial charge >= 0.3 is 0 Å². The molecule has 0 radical (unpaired) electrons. The second-order valence-electron chi connectivity index (χ2n) is 4.00. The summed E-state index contributed by atoms with van der Waals surface area (Å²) < 4.78 is 0. The van der Waals surface area contributed by atoms with Crippen LogP contribution >= 0.6 is 0 Å². The molecular formula is C13H17N3O. The summed E-state index contributed by atoms with van der Waals surface area (Å²) >= 11 is 0. The van der Waals surface area contributed by atoms with Crippen LogP contribution in [0.1, 0.15) is 23.0 Å². The van der Waals surface area contributed by atoms with Gasteiger partial charge in [0.25, 0.3) is 0 Å². The molecule has 3 N–H and O–H groups in total. The summed E-state index contributed by atoms with van der Waals surface area (Å²) in [5.41, 5.74) is 3.13. The molecule has 2 rings (SSSR count). The lowest BCUT2D eigenvalue weighted by atomic mass is 10.1. The monoisotopic (exact) mass is 231 g/mol. The highest BCUT2D eigenvalue weighted by molar-refractivity contribution is 5.19. The van der Waals surface area contributed by atoms with E-state index in [4.69, 9.17) is 0 Å². The maximum Gasteiger partial charge on any atom is 0.0925 e. The van der Waals surface area contributed by atoms with Crippen molar-refractivity contribution in [1.82, 2.24) is 15.3 Å². The Kier molecular flexibility index (Phi) is 3.90. The minimum absolute atomic E-state index is 0.0488. The third kappa shape index (κ3) is 2.93. The predicted octanol–water partition coefficient (Wildman–Crippen LogP) is 1.54. The smallest absolute Gasteiger partial charge is 0.0925 e. The van der Waals surface area contributed by atoms with Gasteiger partial charge in [-0.2, -0.15) is 0 Å². The number of aliphatic hydroxyl groups excluding tert-OH is 1. The number of aromatic nitrogens is 2. The van der Waals surface area contributed by atoms with E-state index in [1.807, 2.05) is 37.3 Å². The Morgan fingerprint density at radius 2 is 2.12 bits per heavy atom. The van der Waals surface area contributed by atoms with Crippen LogP contribution in [0.2, 0.25) is 0 Å². The largest absolute Gasteiger partial charge is 0.394 e. The van der Waals surface area contributed by atoms with Gasteiger partial charge < -0.3 is 15.4 Å². The highest BCUT2D eigenvalue weighted by atomic mass is 16.3. The number of imidazole rings is 1. The first-order valence-corrected chi connectivity index (χ1v) is 5.69. The number of nitrogens with zero attached hydrogens (tertiary/aromatic N) is 1. The van der Waals surface area contributed by atoms with Crippen molar-refractivity contribution in [2.45, 2.75) is 19.5 Å². The van der Waals surface area contributed by atoms with Crippen LogP contribution in [-0.4, -0.2) is 21.7 Å². The van der Waals surface area contributed by atoms with Crippen LogP contribution in [0.25, 0.3) is 0 Å². The van der Waals surface area contributed by atoms with Crippen LogP contribution in [0.4, 0.5) is 0 Å². The maximum atomic E-state index is 9.39. The SMILES string of the molecule is Cc1[nH]cnc1CN[C@H](CO)c1ccccc1. The fraction of sp³-hybridized carbons (Fsp3) is 0.308. The van der Waals surface area contributed by atoms with Gasteiger partial charge in [-0.15, -0.1) is 0 Å². The van der Waals surface area contributed by atoms with Gasteiger partial charge in [0.1, 0.15) is 0 Å². The summed E-state index contributed by atoms with van der Waals surface area (Å²) in [5.74, 6) is 0. The van der Waals surface area contributed by atoms with E-state index in [0.717, 1.165) is 17.0 Å². The Bertz CT molecular complexity index is 453. The first-order chi connectivity index (χ1) is 8.31. The average Bonchev–Trinajstić information content (AvgIpc) is 2.77. The molecule has 0 amide bonds. The molecule has 17 heavy (non-hydrogen) atoms. The topological polar surface area (TPSA) is 60.9 Å². The summed E-state index contributed by atoms with van der Waals surface area (Å²) in [7, 11) is 0. The zero-order valence-electron chi connectivity index (χ0n) is 9.85. The Morgan fingerprint density at radius 3 is 2.71 bits per heavy atom. The molecule has 90 valence electrons. The molecule has 0 fully saturated rings. The molecule has 1 aromatic heterocycles. The fourth-order valence-electron chi connectivity index (χ4n) is 1.76. The van der Waals surface area contributed by atoms with Gasteiger partial charge in [0.2, 0.25) is 0 Å². The second-order valence-corrected chi connectivity index (χ2v) is 4.00. The van der Waals surface area contributed by atoms with Gasteiger partial charge in [0, 0.05) is 12.2 Å². The lowest BCUT2D eigenvalue weighted by Gasteiger charge is -2.16. The van der Waals surface area contributed by atoms with E-state index in [-0.39, 0.29) is 12.6 Å². The molecule has 1 aromatic carbocycles. The standard InChI is InChI=1S/C13H17N3O/c1-10-12(16-9-15-10)7-14-13(8-17)11-5-3-2-4-6-11/h2-6,9,13-14,17H,7-8H2,1H3,(H,15,16)/t13-/m1/s1. The van der Waals surface area contributed by atoms with Crippen molar-refractivity contribution in [3.8, 4) is 0 Å². The molecule has 2 aromatic rings. The van der Waals surface area contributed by atoms with Crippen LogP contribution < -0.4 is 5.32 Å². The van der Waals surface area contributed by atoms with E-state index in [1.54, 1.807) is 6.33 Å². The highest BCUT2D eigenvalue weighted by Gasteiger charge is 2.10. The van der Waals surface area contributed by atoms with Gasteiger partial charge in [-0.1, -0.05) is 30.3 Å². The van der Waals surface area contributed by atoms with Gasteiger partial charge in [-0.25, -0.2) is 4.98 Å². The molecule has 0 saturated carbocycles. The lowest BCUT2D eigenvalue weighted by molar-refractivity contribution is 0.243. The van der Waals surface area contributed by atoms with E-state index in [9.17, 15) is 5.11 Å². The zero-order valence-corrected chi connectivity index (χ0v) is 9.85. The normalized spacial score (nSPS) is 12.6. The third-order valence-electron chi connectivity index (χ3n) is 2.83. The van der Waals surface area contributed by atoms with Crippen LogP contribution in [-0.2, 0) is 6.54 Å². The third-order valence-corrected chi connectivity index (χ3v) is 2.83. The lowest BCUT2D eigenvalue weighted by Crippen LogP contribution is -2.24. The summed E-state index contributed by atoms with van der Waals surface area (Å²) in [5, 5.41) is 12.7. The van der Waals surface area contributed by atoms with Crippen molar-refractivity contribution < 1.29 is 5.11 Å². The summed E-state index contributed by atoms with van der Waals surface area (Å²) in [4.78, 5) is 7.25. The zero-order chi connectivity index (χ0) is 12.1. The van der Waals surface area contributed by atoms with Crippen molar-refractivity contribution in [1.29, 1.82) is 0 Å². The van der Waals surface area contributed by atoms with E-state index in [0.29, 0.717) is 6.54 Å². The number of aryl methyl sites for hydroxylation is 1. The van der Waals surface area contributed by atoms with Crippen LogP contribution in [0, 0.1) is 6.92 Å². The molecule has 1 heterocycles. The first-order valence-electron chi connectivity index (χ1n) is 5.69. The molecule has 0 bridgehead atoms. The van der Waals surface area contributed by atoms with Crippen LogP contribution in [0.5, 0.6) is 0 Å². The molecule has 0 unspecified atom stereocenters. The Labute approximate surface area is 101 Å². The molecule has 4 heteroatoms. The maximum absolute atomic E-state index is 9.39. The van der Waals surface area contributed by atoms with Crippen molar-refractivity contribution in [3.63, 3.8) is 0 Å². The van der Waals surface area contributed by atoms with E-state index in [1.165, 1.54) is 0 Å². The molecule has 0 aliphatic carbocycles. The number of H-pyrrole nitrogens is 1. The summed E-state index contributed by atoms with van der Waals surface area (Å²) in [6.07, 6.45) is 1.68. The van der Waals surface area contributed by atoms with E-state index >= 15 is 0 Å². The van der Waals surface area contributed by atoms with Crippen molar-refractivity contribution in [2.75, 3.05) is 6.61 Å². The second kappa shape index (κ2) is 5.61. The van der Waals surface area contributed by atoms with Crippen LogP contribution in [0.15, 0.2) is 36.7 Å². The van der Waals surface area contributed by atoms with Crippen LogP contribution in [0.3, 0.4) is 0 Å². The number of aromatic amines is 1. The van der Waals surface area contributed by atoms with E-state index < -0.39 is 0 Å². The number of benzene rings is 1. The quantitative estimate of drug-likeness (QED) is 0.731. The Hall–Kier alpha value is -1.65. The number of hydrogen-bond donors (Lipinski definition) is 3. The summed E-state index contributed by atoms with van der Waals surface area (Å²) in [6.45, 7) is 2.71. The fourth-order valence-corrected chi connectivity index (χ4v) is 1.76. The van der Waals surface area contributed by atoms with Gasteiger partial charge in [-0.05, 0) is 12.5 Å². The van der Waals surface area contributed by atoms with Gasteiger partial charge in [0.15, 0.2) is 0 Å². The Balaban J connectivity index is 1.99. The number of aliphatic hydroxyl groups is 1. The minimum Gasteiger partial charge on any atom is -0.394 e.